The third-order valence-corrected chi connectivity index (χ3v) is 4.27. The monoisotopic (exact) mass is 432 g/mol. The molecular formula is C19H17BrN2O5. The third-order valence-electron chi connectivity index (χ3n) is 3.78. The van der Waals surface area contributed by atoms with Crippen LogP contribution in [-0.2, 0) is 14.3 Å². The molecule has 2 aromatic rings. The van der Waals surface area contributed by atoms with Gasteiger partial charge in [0.1, 0.15) is 0 Å². The Morgan fingerprint density at radius 3 is 2.56 bits per heavy atom. The molecule has 1 amide bonds. The van der Waals surface area contributed by atoms with Crippen molar-refractivity contribution in [3.8, 4) is 11.5 Å². The van der Waals surface area contributed by atoms with Crippen molar-refractivity contribution in [3.05, 3.63) is 58.1 Å². The molecule has 2 aromatic carbocycles. The molecule has 0 aromatic heterocycles. The highest BCUT2D eigenvalue weighted by atomic mass is 79.9. The summed E-state index contributed by atoms with van der Waals surface area (Å²) < 4.78 is 17.4. The highest BCUT2D eigenvalue weighted by molar-refractivity contribution is 9.10. The van der Waals surface area contributed by atoms with Gasteiger partial charge < -0.3 is 14.2 Å². The number of carbonyl (C=O) groups excluding carboxylic acids is 2. The van der Waals surface area contributed by atoms with E-state index in [1.807, 2.05) is 24.3 Å². The maximum atomic E-state index is 12.1. The first-order chi connectivity index (χ1) is 12.9. The van der Waals surface area contributed by atoms with Crippen molar-refractivity contribution >= 4 is 33.7 Å². The number of rotatable bonds is 4. The van der Waals surface area contributed by atoms with Gasteiger partial charge in [-0.25, -0.2) is 0 Å². The lowest BCUT2D eigenvalue weighted by molar-refractivity contribution is -0.135. The molecule has 1 aliphatic heterocycles. The molecule has 0 unspecified atom stereocenters. The Kier molecular flexibility index (Phi) is 5.46. The molecule has 0 bridgehead atoms. The molecule has 7 nitrogen and oxygen atoms in total. The zero-order valence-electron chi connectivity index (χ0n) is 14.9. The van der Waals surface area contributed by atoms with Crippen molar-refractivity contribution in [2.45, 2.75) is 20.1 Å². The summed E-state index contributed by atoms with van der Waals surface area (Å²) in [6.45, 7) is 2.69. The maximum Gasteiger partial charge on any atom is 0.308 e. The Hall–Kier alpha value is -2.87. The minimum absolute atomic E-state index is 0.158. The Morgan fingerprint density at radius 2 is 1.93 bits per heavy atom. The van der Waals surface area contributed by atoms with E-state index in [0.29, 0.717) is 11.3 Å². The van der Waals surface area contributed by atoms with Crippen LogP contribution in [0.3, 0.4) is 0 Å². The van der Waals surface area contributed by atoms with Crippen LogP contribution in [0.5, 0.6) is 11.5 Å². The molecule has 1 atom stereocenters. The van der Waals surface area contributed by atoms with Crippen LogP contribution in [0.4, 0.5) is 0 Å². The topological polar surface area (TPSA) is 77.4 Å². The molecule has 0 fully saturated rings. The summed E-state index contributed by atoms with van der Waals surface area (Å²) >= 11 is 3.41. The molecule has 8 heteroatoms. The second-order valence-corrected chi connectivity index (χ2v) is 6.64. The number of hydrazone groups is 1. The lowest BCUT2D eigenvalue weighted by atomic mass is 10.1. The van der Waals surface area contributed by atoms with E-state index in [1.165, 1.54) is 26.0 Å². The molecule has 27 heavy (non-hydrogen) atoms. The Labute approximate surface area is 164 Å². The molecule has 3 rings (SSSR count). The molecule has 0 spiro atoms. The van der Waals surface area contributed by atoms with Crippen LogP contribution in [0.2, 0.25) is 0 Å². The molecule has 0 aliphatic carbocycles. The average Bonchev–Trinajstić information content (AvgIpc) is 3.07. The Balaban J connectivity index is 2.04. The van der Waals surface area contributed by atoms with Gasteiger partial charge in [0.05, 0.1) is 12.7 Å². The number of amides is 1. The molecule has 0 saturated heterocycles. The minimum Gasteiger partial charge on any atom is -0.493 e. The molecule has 140 valence electrons. The van der Waals surface area contributed by atoms with Crippen LogP contribution in [0.25, 0.3) is 0 Å². The number of hydrogen-bond donors (Lipinski definition) is 0. The van der Waals surface area contributed by atoms with Crippen molar-refractivity contribution < 1.29 is 23.8 Å². The fraction of sp³-hybridized carbons (Fsp3) is 0.211. The summed E-state index contributed by atoms with van der Waals surface area (Å²) in [7, 11) is 1.47. The number of para-hydroxylation sites is 1. The van der Waals surface area contributed by atoms with Crippen LogP contribution in [-0.4, -0.2) is 29.9 Å². The number of halogens is 1. The summed E-state index contributed by atoms with van der Waals surface area (Å²) in [5.74, 6) is -0.0949. The van der Waals surface area contributed by atoms with Crippen LogP contribution < -0.4 is 9.47 Å². The van der Waals surface area contributed by atoms with Gasteiger partial charge in [-0.15, -0.1) is 5.10 Å². The zero-order chi connectivity index (χ0) is 19.6. The van der Waals surface area contributed by atoms with Gasteiger partial charge in [-0.1, -0.05) is 34.1 Å². The van der Waals surface area contributed by atoms with E-state index < -0.39 is 12.2 Å². The second-order valence-electron chi connectivity index (χ2n) is 5.72. The number of nitrogens with zero attached hydrogens (tertiary/aromatic N) is 2. The largest absolute Gasteiger partial charge is 0.493 e. The predicted octanol–water partition coefficient (Wildman–Crippen LogP) is 3.62. The van der Waals surface area contributed by atoms with Crippen LogP contribution in [0, 0.1) is 0 Å². The van der Waals surface area contributed by atoms with E-state index in [1.54, 1.807) is 18.2 Å². The Morgan fingerprint density at radius 1 is 1.19 bits per heavy atom. The van der Waals surface area contributed by atoms with Crippen molar-refractivity contribution in [2.24, 2.45) is 5.10 Å². The highest BCUT2D eigenvalue weighted by Crippen LogP contribution is 2.37. The fourth-order valence-electron chi connectivity index (χ4n) is 2.65. The fourth-order valence-corrected chi connectivity index (χ4v) is 3.06. The van der Waals surface area contributed by atoms with E-state index in [2.05, 4.69) is 21.0 Å². The van der Waals surface area contributed by atoms with Gasteiger partial charge in [-0.3, -0.25) is 9.59 Å². The Bertz CT molecular complexity index is 928. The first kappa shape index (κ1) is 18.9. The summed E-state index contributed by atoms with van der Waals surface area (Å²) in [6.07, 6.45) is -0.730. The summed E-state index contributed by atoms with van der Waals surface area (Å²) in [6, 6.07) is 12.5. The van der Waals surface area contributed by atoms with E-state index in [-0.39, 0.29) is 17.6 Å². The second kappa shape index (κ2) is 7.79. The van der Waals surface area contributed by atoms with Crippen molar-refractivity contribution in [3.63, 3.8) is 0 Å². The van der Waals surface area contributed by atoms with E-state index in [9.17, 15) is 9.59 Å². The normalized spacial score (nSPS) is 15.8. The van der Waals surface area contributed by atoms with Crippen LogP contribution in [0.1, 0.15) is 31.2 Å². The minimum atomic E-state index is -0.730. The standard InChI is InChI=1S/C19H17BrN2O5/c1-11(23)22-19(13-6-4-7-14(20)10-13)27-18(21-22)15-8-5-9-16(25-3)17(15)26-12(2)24/h4-10,19H,1-3H3/t19-/m1/s1. The first-order valence-corrected chi connectivity index (χ1v) is 8.86. The number of esters is 1. The quantitative estimate of drug-likeness (QED) is 0.544. The lowest BCUT2D eigenvalue weighted by Crippen LogP contribution is -2.25. The molecule has 0 saturated carbocycles. The van der Waals surface area contributed by atoms with Gasteiger partial charge in [0.15, 0.2) is 11.5 Å². The zero-order valence-corrected chi connectivity index (χ0v) is 16.5. The number of carbonyl (C=O) groups is 2. The van der Waals surface area contributed by atoms with Gasteiger partial charge in [-0.2, -0.15) is 5.01 Å². The van der Waals surface area contributed by atoms with E-state index >= 15 is 0 Å². The number of hydrogen-bond acceptors (Lipinski definition) is 6. The van der Waals surface area contributed by atoms with Gasteiger partial charge in [-0.05, 0) is 24.3 Å². The van der Waals surface area contributed by atoms with E-state index in [0.717, 1.165) is 10.0 Å². The maximum absolute atomic E-state index is 12.1. The highest BCUT2D eigenvalue weighted by Gasteiger charge is 2.35. The van der Waals surface area contributed by atoms with Crippen molar-refractivity contribution in [1.29, 1.82) is 0 Å². The molecule has 0 N–H and O–H groups in total. The van der Waals surface area contributed by atoms with Gasteiger partial charge >= 0.3 is 5.97 Å². The van der Waals surface area contributed by atoms with Crippen molar-refractivity contribution in [2.75, 3.05) is 7.11 Å². The van der Waals surface area contributed by atoms with E-state index in [4.69, 9.17) is 14.2 Å². The first-order valence-electron chi connectivity index (χ1n) is 8.07. The van der Waals surface area contributed by atoms with Crippen molar-refractivity contribution in [1.82, 2.24) is 5.01 Å². The number of benzene rings is 2. The number of ether oxygens (including phenoxy) is 3. The van der Waals surface area contributed by atoms with Gasteiger partial charge in [0.2, 0.25) is 18.0 Å². The smallest absolute Gasteiger partial charge is 0.308 e. The summed E-state index contributed by atoms with van der Waals surface area (Å²) in [4.78, 5) is 23.6. The average molecular weight is 433 g/mol. The molecular weight excluding hydrogens is 416 g/mol. The van der Waals surface area contributed by atoms with Crippen LogP contribution in [0.15, 0.2) is 52.0 Å². The summed E-state index contributed by atoms with van der Waals surface area (Å²) in [5.41, 5.74) is 1.16. The lowest BCUT2D eigenvalue weighted by Gasteiger charge is -2.19. The predicted molar refractivity (Wildman–Crippen MR) is 101 cm³/mol. The summed E-state index contributed by atoms with van der Waals surface area (Å²) in [5, 5.41) is 5.55. The molecule has 0 radical (unpaired) electrons. The molecule has 1 aliphatic rings. The third kappa shape index (κ3) is 3.95. The van der Waals surface area contributed by atoms with Gasteiger partial charge in [0, 0.05) is 23.9 Å². The van der Waals surface area contributed by atoms with Crippen LogP contribution >= 0.6 is 15.9 Å². The molecule has 1 heterocycles. The van der Waals surface area contributed by atoms with Gasteiger partial charge in [0.25, 0.3) is 0 Å². The SMILES string of the molecule is COc1cccc(C2=NN(C(C)=O)[C@@H](c3cccc(Br)c3)O2)c1OC(C)=O. The number of methoxy groups -OCH3 is 1.